The van der Waals surface area contributed by atoms with Gasteiger partial charge in [-0.25, -0.2) is 0 Å². The molecule has 0 radical (unpaired) electrons. The maximum Gasteiger partial charge on any atom is 0.310 e. The Kier molecular flexibility index (Phi) is 3.56. The van der Waals surface area contributed by atoms with Gasteiger partial charge in [-0.15, -0.1) is 0 Å². The molecule has 1 amide bonds. The first-order chi connectivity index (χ1) is 10.2. The average Bonchev–Trinajstić information content (AvgIpc) is 2.87. The molecule has 2 aromatic rings. The normalized spacial score (nSPS) is 18.2. The van der Waals surface area contributed by atoms with Gasteiger partial charge in [0.1, 0.15) is 0 Å². The minimum absolute atomic E-state index is 0.00307. The van der Waals surface area contributed by atoms with Crippen LogP contribution in [0.2, 0.25) is 0 Å². The van der Waals surface area contributed by atoms with Crippen LogP contribution in [0.4, 0.5) is 0 Å². The summed E-state index contributed by atoms with van der Waals surface area (Å²) in [5, 5.41) is 1.05. The van der Waals surface area contributed by atoms with E-state index in [2.05, 4.69) is 4.98 Å². The highest BCUT2D eigenvalue weighted by molar-refractivity contribution is 5.87. The Morgan fingerprint density at radius 2 is 2.29 bits per heavy atom. The van der Waals surface area contributed by atoms with Crippen molar-refractivity contribution in [2.75, 3.05) is 13.7 Å². The Morgan fingerprint density at radius 1 is 1.43 bits per heavy atom. The molecular weight excluding hydrogens is 268 g/mol. The van der Waals surface area contributed by atoms with Gasteiger partial charge in [0.05, 0.1) is 18.5 Å². The van der Waals surface area contributed by atoms with E-state index >= 15 is 0 Å². The van der Waals surface area contributed by atoms with Crippen molar-refractivity contribution in [2.24, 2.45) is 5.92 Å². The SMILES string of the molecule is COC(=O)C1CC(=O)N(Cc2ccc3ncccc3c2)C1. The summed E-state index contributed by atoms with van der Waals surface area (Å²) < 4.78 is 4.71. The van der Waals surface area contributed by atoms with Crippen LogP contribution >= 0.6 is 0 Å². The van der Waals surface area contributed by atoms with E-state index in [1.807, 2.05) is 30.3 Å². The zero-order chi connectivity index (χ0) is 14.8. The second-order valence-electron chi connectivity index (χ2n) is 5.23. The predicted octanol–water partition coefficient (Wildman–Crippen LogP) is 1.76. The van der Waals surface area contributed by atoms with E-state index in [0.29, 0.717) is 13.1 Å². The zero-order valence-corrected chi connectivity index (χ0v) is 11.8. The number of hydrogen-bond acceptors (Lipinski definition) is 4. The minimum atomic E-state index is -0.343. The lowest BCUT2D eigenvalue weighted by Gasteiger charge is -2.16. The van der Waals surface area contributed by atoms with E-state index in [9.17, 15) is 9.59 Å². The lowest BCUT2D eigenvalue weighted by atomic mass is 10.1. The molecule has 3 rings (SSSR count). The fraction of sp³-hybridized carbons (Fsp3) is 0.312. The van der Waals surface area contributed by atoms with Gasteiger partial charge in [-0.3, -0.25) is 14.6 Å². The van der Waals surface area contributed by atoms with Crippen LogP contribution in [0, 0.1) is 5.92 Å². The molecule has 1 aliphatic heterocycles. The van der Waals surface area contributed by atoms with Gasteiger partial charge in [0, 0.05) is 31.1 Å². The molecule has 5 nitrogen and oxygen atoms in total. The summed E-state index contributed by atoms with van der Waals surface area (Å²) in [6.07, 6.45) is 1.99. The summed E-state index contributed by atoms with van der Waals surface area (Å²) in [4.78, 5) is 29.5. The molecule has 0 bridgehead atoms. The molecule has 0 saturated carbocycles. The van der Waals surface area contributed by atoms with Gasteiger partial charge < -0.3 is 9.64 Å². The largest absolute Gasteiger partial charge is 0.469 e. The number of pyridine rings is 1. The third kappa shape index (κ3) is 2.72. The molecule has 0 N–H and O–H groups in total. The molecule has 1 aliphatic rings. The molecule has 2 heterocycles. The van der Waals surface area contributed by atoms with E-state index < -0.39 is 0 Å². The number of carbonyl (C=O) groups is 2. The topological polar surface area (TPSA) is 59.5 Å². The predicted molar refractivity (Wildman–Crippen MR) is 77.3 cm³/mol. The summed E-state index contributed by atoms with van der Waals surface area (Å²) in [5.41, 5.74) is 1.97. The molecular formula is C16H16N2O3. The van der Waals surface area contributed by atoms with Crippen LogP contribution in [0.1, 0.15) is 12.0 Å². The second kappa shape index (κ2) is 5.52. The maximum absolute atomic E-state index is 12.0. The van der Waals surface area contributed by atoms with Gasteiger partial charge in [0.15, 0.2) is 0 Å². The van der Waals surface area contributed by atoms with Gasteiger partial charge in [-0.2, -0.15) is 0 Å². The van der Waals surface area contributed by atoms with Crippen molar-refractivity contribution < 1.29 is 14.3 Å². The maximum atomic E-state index is 12.0. The monoisotopic (exact) mass is 284 g/mol. The van der Waals surface area contributed by atoms with Crippen molar-refractivity contribution >= 4 is 22.8 Å². The second-order valence-corrected chi connectivity index (χ2v) is 5.23. The molecule has 0 spiro atoms. The molecule has 1 fully saturated rings. The number of ether oxygens (including phenoxy) is 1. The van der Waals surface area contributed by atoms with Crippen molar-refractivity contribution in [3.63, 3.8) is 0 Å². The van der Waals surface area contributed by atoms with Crippen LogP contribution in [0.25, 0.3) is 10.9 Å². The number of benzene rings is 1. The number of hydrogen-bond donors (Lipinski definition) is 0. The summed E-state index contributed by atoms with van der Waals surface area (Å²) >= 11 is 0. The van der Waals surface area contributed by atoms with Gasteiger partial charge in [-0.05, 0) is 23.8 Å². The molecule has 108 valence electrons. The minimum Gasteiger partial charge on any atom is -0.469 e. The molecule has 21 heavy (non-hydrogen) atoms. The van der Waals surface area contributed by atoms with Crippen LogP contribution in [-0.2, 0) is 20.9 Å². The van der Waals surface area contributed by atoms with Crippen molar-refractivity contribution in [1.29, 1.82) is 0 Å². The summed E-state index contributed by atoms with van der Waals surface area (Å²) in [6, 6.07) is 9.83. The highest BCUT2D eigenvalue weighted by Crippen LogP contribution is 2.22. The molecule has 1 saturated heterocycles. The first-order valence-corrected chi connectivity index (χ1v) is 6.86. The smallest absolute Gasteiger partial charge is 0.310 e. The quantitative estimate of drug-likeness (QED) is 0.806. The number of nitrogens with zero attached hydrogens (tertiary/aromatic N) is 2. The Bertz CT molecular complexity index is 699. The van der Waals surface area contributed by atoms with Crippen molar-refractivity contribution in [1.82, 2.24) is 9.88 Å². The Labute approximate surface area is 122 Å². The van der Waals surface area contributed by atoms with Crippen molar-refractivity contribution in [3.05, 3.63) is 42.1 Å². The van der Waals surface area contributed by atoms with Crippen LogP contribution in [0.15, 0.2) is 36.5 Å². The lowest BCUT2D eigenvalue weighted by Crippen LogP contribution is -2.26. The third-order valence-electron chi connectivity index (χ3n) is 3.79. The summed E-state index contributed by atoms with van der Waals surface area (Å²) in [5.74, 6) is -0.658. The first kappa shape index (κ1) is 13.5. The fourth-order valence-corrected chi connectivity index (χ4v) is 2.69. The molecule has 1 atom stereocenters. The van der Waals surface area contributed by atoms with E-state index in [1.54, 1.807) is 11.1 Å². The van der Waals surface area contributed by atoms with Gasteiger partial charge in [0.2, 0.25) is 5.91 Å². The van der Waals surface area contributed by atoms with Crippen LogP contribution in [0.5, 0.6) is 0 Å². The molecule has 0 aliphatic carbocycles. The van der Waals surface area contributed by atoms with Crippen molar-refractivity contribution in [3.8, 4) is 0 Å². The standard InChI is InChI=1S/C16H16N2O3/c1-21-16(20)13-8-15(19)18(10-13)9-11-4-5-14-12(7-11)3-2-6-17-14/h2-7,13H,8-10H2,1H3. The van der Waals surface area contributed by atoms with E-state index in [-0.39, 0.29) is 24.2 Å². The third-order valence-corrected chi connectivity index (χ3v) is 3.79. The van der Waals surface area contributed by atoms with Gasteiger partial charge in [-0.1, -0.05) is 12.1 Å². The van der Waals surface area contributed by atoms with Crippen LogP contribution in [0.3, 0.4) is 0 Å². The Morgan fingerprint density at radius 3 is 3.10 bits per heavy atom. The molecule has 1 aromatic heterocycles. The molecule has 5 heteroatoms. The summed E-state index contributed by atoms with van der Waals surface area (Å²) in [7, 11) is 1.35. The highest BCUT2D eigenvalue weighted by Gasteiger charge is 2.34. The van der Waals surface area contributed by atoms with E-state index in [0.717, 1.165) is 16.5 Å². The lowest BCUT2D eigenvalue weighted by molar-refractivity contribution is -0.145. The average molecular weight is 284 g/mol. The number of carbonyl (C=O) groups excluding carboxylic acids is 2. The van der Waals surface area contributed by atoms with Crippen LogP contribution < -0.4 is 0 Å². The Hall–Kier alpha value is -2.43. The Balaban J connectivity index is 1.76. The summed E-state index contributed by atoms with van der Waals surface area (Å²) in [6.45, 7) is 0.938. The number of aromatic nitrogens is 1. The van der Waals surface area contributed by atoms with Crippen LogP contribution in [-0.4, -0.2) is 35.4 Å². The number of esters is 1. The zero-order valence-electron chi connectivity index (χ0n) is 11.8. The fourth-order valence-electron chi connectivity index (χ4n) is 2.69. The molecule has 1 unspecified atom stereocenters. The van der Waals surface area contributed by atoms with Crippen molar-refractivity contribution in [2.45, 2.75) is 13.0 Å². The van der Waals surface area contributed by atoms with E-state index in [4.69, 9.17) is 4.74 Å². The number of amides is 1. The number of likely N-dealkylation sites (tertiary alicyclic amines) is 1. The van der Waals surface area contributed by atoms with Gasteiger partial charge in [0.25, 0.3) is 0 Å². The van der Waals surface area contributed by atoms with E-state index in [1.165, 1.54) is 7.11 Å². The number of rotatable bonds is 3. The highest BCUT2D eigenvalue weighted by atomic mass is 16.5. The van der Waals surface area contributed by atoms with Gasteiger partial charge >= 0.3 is 5.97 Å². The number of fused-ring (bicyclic) bond motifs is 1. The molecule has 1 aromatic carbocycles. The first-order valence-electron chi connectivity index (χ1n) is 6.86. The number of methoxy groups -OCH3 is 1.